The van der Waals surface area contributed by atoms with E-state index in [-0.39, 0.29) is 0 Å². The van der Waals surface area contributed by atoms with Crippen LogP contribution in [0.25, 0.3) is 0 Å². The van der Waals surface area contributed by atoms with Gasteiger partial charge in [0.05, 0.1) is 0 Å². The highest BCUT2D eigenvalue weighted by Crippen LogP contribution is 2.37. The van der Waals surface area contributed by atoms with E-state index in [4.69, 9.17) is 0 Å². The third kappa shape index (κ3) is 3.95. The lowest BCUT2D eigenvalue weighted by molar-refractivity contribution is 0.0142. The van der Waals surface area contributed by atoms with Crippen LogP contribution in [0, 0.1) is 11.8 Å². The molecule has 4 atom stereocenters. The van der Waals surface area contributed by atoms with Crippen molar-refractivity contribution in [1.82, 2.24) is 10.2 Å². The molecule has 2 unspecified atom stereocenters. The minimum absolute atomic E-state index is 0.746. The van der Waals surface area contributed by atoms with Crippen LogP contribution >= 0.6 is 0 Å². The fourth-order valence-corrected chi connectivity index (χ4v) is 4.17. The van der Waals surface area contributed by atoms with Gasteiger partial charge in [0.1, 0.15) is 0 Å². The lowest BCUT2D eigenvalue weighted by Crippen LogP contribution is -2.53. The highest BCUT2D eigenvalue weighted by Gasteiger charge is 2.36. The van der Waals surface area contributed by atoms with E-state index in [2.05, 4.69) is 31.0 Å². The molecule has 2 heteroatoms. The molecule has 0 radical (unpaired) electrons. The molecule has 0 amide bonds. The molecule has 112 valence electrons. The van der Waals surface area contributed by atoms with Crippen molar-refractivity contribution in [2.75, 3.05) is 19.6 Å². The van der Waals surface area contributed by atoms with Gasteiger partial charge in [-0.3, -0.25) is 4.90 Å². The Labute approximate surface area is 120 Å². The van der Waals surface area contributed by atoms with Gasteiger partial charge in [-0.2, -0.15) is 0 Å². The SMILES string of the molecule is CCCNCC(C)C(C)N1CCC[C@H]2CCCC[C@H]21. The average molecular weight is 266 g/mol. The van der Waals surface area contributed by atoms with Gasteiger partial charge in [0, 0.05) is 12.1 Å². The maximum Gasteiger partial charge on any atom is 0.0126 e. The highest BCUT2D eigenvalue weighted by molar-refractivity contribution is 4.90. The van der Waals surface area contributed by atoms with E-state index < -0.39 is 0 Å². The number of hydrogen-bond donors (Lipinski definition) is 1. The normalized spacial score (nSPS) is 31.7. The van der Waals surface area contributed by atoms with Gasteiger partial charge in [-0.1, -0.05) is 26.7 Å². The summed E-state index contributed by atoms with van der Waals surface area (Å²) < 4.78 is 0. The molecule has 2 aliphatic rings. The maximum atomic E-state index is 3.60. The van der Waals surface area contributed by atoms with Crippen molar-refractivity contribution < 1.29 is 0 Å². The molecule has 1 saturated heterocycles. The molecule has 0 aromatic carbocycles. The highest BCUT2D eigenvalue weighted by atomic mass is 15.2. The minimum Gasteiger partial charge on any atom is -0.316 e. The van der Waals surface area contributed by atoms with Crippen molar-refractivity contribution in [3.63, 3.8) is 0 Å². The molecule has 2 nitrogen and oxygen atoms in total. The first-order chi connectivity index (χ1) is 9.24. The van der Waals surface area contributed by atoms with Crippen LogP contribution in [-0.4, -0.2) is 36.6 Å². The Balaban J connectivity index is 1.87. The number of nitrogens with zero attached hydrogens (tertiary/aromatic N) is 1. The molecule has 0 aromatic rings. The van der Waals surface area contributed by atoms with Gasteiger partial charge >= 0.3 is 0 Å². The summed E-state index contributed by atoms with van der Waals surface area (Å²) in [7, 11) is 0. The number of nitrogens with one attached hydrogen (secondary N) is 1. The van der Waals surface area contributed by atoms with Crippen LogP contribution in [0.1, 0.15) is 65.7 Å². The first kappa shape index (κ1) is 15.3. The lowest BCUT2D eigenvalue weighted by Gasteiger charge is -2.48. The predicted molar refractivity (Wildman–Crippen MR) is 83.5 cm³/mol. The van der Waals surface area contributed by atoms with Gasteiger partial charge in [0.15, 0.2) is 0 Å². The van der Waals surface area contributed by atoms with E-state index in [1.165, 1.54) is 64.6 Å². The Hall–Kier alpha value is -0.0800. The summed E-state index contributed by atoms with van der Waals surface area (Å²) in [5.41, 5.74) is 0. The molecular formula is C17H34N2. The number of piperidine rings is 1. The summed E-state index contributed by atoms with van der Waals surface area (Å²) in [6.45, 7) is 10.8. The van der Waals surface area contributed by atoms with Crippen LogP contribution in [0.5, 0.6) is 0 Å². The second kappa shape index (κ2) is 7.64. The Morgan fingerprint density at radius 2 is 1.84 bits per heavy atom. The van der Waals surface area contributed by atoms with E-state index in [0.29, 0.717) is 0 Å². The maximum absolute atomic E-state index is 3.60. The fraction of sp³-hybridized carbons (Fsp3) is 1.00. The third-order valence-electron chi connectivity index (χ3n) is 5.53. The number of likely N-dealkylation sites (tertiary alicyclic amines) is 1. The van der Waals surface area contributed by atoms with E-state index in [1.807, 2.05) is 0 Å². The van der Waals surface area contributed by atoms with Crippen LogP contribution < -0.4 is 5.32 Å². The topological polar surface area (TPSA) is 15.3 Å². The van der Waals surface area contributed by atoms with Crippen molar-refractivity contribution in [3.05, 3.63) is 0 Å². The summed E-state index contributed by atoms with van der Waals surface area (Å²) in [5, 5.41) is 3.60. The Bertz CT molecular complexity index is 252. The second-order valence-electron chi connectivity index (χ2n) is 6.91. The third-order valence-corrected chi connectivity index (χ3v) is 5.53. The van der Waals surface area contributed by atoms with E-state index in [1.54, 1.807) is 0 Å². The smallest absolute Gasteiger partial charge is 0.0126 e. The molecule has 1 saturated carbocycles. The lowest BCUT2D eigenvalue weighted by atomic mass is 9.77. The predicted octanol–water partition coefficient (Wildman–Crippen LogP) is 3.67. The summed E-state index contributed by atoms with van der Waals surface area (Å²) in [6.07, 6.45) is 10.1. The van der Waals surface area contributed by atoms with E-state index in [0.717, 1.165) is 23.9 Å². The van der Waals surface area contributed by atoms with Crippen LogP contribution in [0.2, 0.25) is 0 Å². The molecule has 1 aliphatic heterocycles. The van der Waals surface area contributed by atoms with Crippen LogP contribution in [-0.2, 0) is 0 Å². The van der Waals surface area contributed by atoms with Crippen molar-refractivity contribution >= 4 is 0 Å². The van der Waals surface area contributed by atoms with Crippen molar-refractivity contribution in [1.29, 1.82) is 0 Å². The van der Waals surface area contributed by atoms with Gasteiger partial charge in [-0.25, -0.2) is 0 Å². The molecule has 1 N–H and O–H groups in total. The summed E-state index contributed by atoms with van der Waals surface area (Å²) >= 11 is 0. The summed E-state index contributed by atoms with van der Waals surface area (Å²) in [6, 6.07) is 1.65. The minimum atomic E-state index is 0.746. The van der Waals surface area contributed by atoms with Crippen LogP contribution in [0.15, 0.2) is 0 Å². The van der Waals surface area contributed by atoms with Crippen molar-refractivity contribution in [3.8, 4) is 0 Å². The molecule has 19 heavy (non-hydrogen) atoms. The summed E-state index contributed by atoms with van der Waals surface area (Å²) in [5.74, 6) is 1.79. The molecular weight excluding hydrogens is 232 g/mol. The average Bonchev–Trinajstić information content (AvgIpc) is 2.46. The van der Waals surface area contributed by atoms with Gasteiger partial charge in [0.2, 0.25) is 0 Å². The summed E-state index contributed by atoms with van der Waals surface area (Å²) in [4.78, 5) is 2.87. The molecule has 0 aromatic heterocycles. The Kier molecular flexibility index (Phi) is 6.15. The van der Waals surface area contributed by atoms with Gasteiger partial charge < -0.3 is 5.32 Å². The molecule has 2 rings (SSSR count). The number of rotatable bonds is 6. The second-order valence-corrected chi connectivity index (χ2v) is 6.91. The molecule has 1 heterocycles. The van der Waals surface area contributed by atoms with Gasteiger partial charge in [0.25, 0.3) is 0 Å². The first-order valence-corrected chi connectivity index (χ1v) is 8.70. The monoisotopic (exact) mass is 266 g/mol. The van der Waals surface area contributed by atoms with Crippen LogP contribution in [0.3, 0.4) is 0 Å². The van der Waals surface area contributed by atoms with Crippen molar-refractivity contribution in [2.45, 2.75) is 77.8 Å². The number of fused-ring (bicyclic) bond motifs is 1. The van der Waals surface area contributed by atoms with Crippen molar-refractivity contribution in [2.24, 2.45) is 11.8 Å². The van der Waals surface area contributed by atoms with Gasteiger partial charge in [-0.05, 0) is 70.5 Å². The zero-order valence-corrected chi connectivity index (χ0v) is 13.3. The largest absolute Gasteiger partial charge is 0.316 e. The Morgan fingerprint density at radius 1 is 1.11 bits per heavy atom. The molecule has 2 fully saturated rings. The zero-order valence-electron chi connectivity index (χ0n) is 13.3. The number of hydrogen-bond acceptors (Lipinski definition) is 2. The van der Waals surface area contributed by atoms with Crippen LogP contribution in [0.4, 0.5) is 0 Å². The van der Waals surface area contributed by atoms with E-state index >= 15 is 0 Å². The van der Waals surface area contributed by atoms with E-state index in [9.17, 15) is 0 Å². The standard InChI is InChI=1S/C17H34N2/c1-4-11-18-13-14(2)15(3)19-12-7-9-16-8-5-6-10-17(16)19/h14-18H,4-13H2,1-3H3/t14?,15?,16-,17-/m1/s1. The molecule has 1 aliphatic carbocycles. The molecule has 0 bridgehead atoms. The Morgan fingerprint density at radius 3 is 2.63 bits per heavy atom. The molecule has 0 spiro atoms. The first-order valence-electron chi connectivity index (χ1n) is 8.70. The fourth-order valence-electron chi connectivity index (χ4n) is 4.17. The van der Waals surface area contributed by atoms with Gasteiger partial charge in [-0.15, -0.1) is 0 Å². The zero-order chi connectivity index (χ0) is 13.7. The quantitative estimate of drug-likeness (QED) is 0.738.